The third kappa shape index (κ3) is 7.03. The zero-order valence-corrected chi connectivity index (χ0v) is 16.5. The van der Waals surface area contributed by atoms with Gasteiger partial charge in [-0.2, -0.15) is 0 Å². The van der Waals surface area contributed by atoms with E-state index in [1.54, 1.807) is 31.4 Å². The average Bonchev–Trinajstić information content (AvgIpc) is 2.66. The van der Waals surface area contributed by atoms with Gasteiger partial charge in [-0.25, -0.2) is 12.7 Å². The fourth-order valence-electron chi connectivity index (χ4n) is 2.69. The van der Waals surface area contributed by atoms with E-state index >= 15 is 0 Å². The summed E-state index contributed by atoms with van der Waals surface area (Å²) >= 11 is 0. The third-order valence-electron chi connectivity index (χ3n) is 4.18. The molecule has 0 aliphatic heterocycles. The van der Waals surface area contributed by atoms with E-state index in [4.69, 9.17) is 4.74 Å². The number of nitrogens with zero attached hydrogens (tertiary/aromatic N) is 1. The maximum absolute atomic E-state index is 12.2. The molecular weight excluding hydrogens is 364 g/mol. The number of carbonyl (C=O) groups is 1. The minimum Gasteiger partial charge on any atom is -0.497 e. The molecule has 7 heteroatoms. The van der Waals surface area contributed by atoms with Gasteiger partial charge in [-0.3, -0.25) is 4.79 Å². The number of aryl methyl sites for hydroxylation is 1. The van der Waals surface area contributed by atoms with Crippen LogP contribution in [0.1, 0.15) is 22.3 Å². The Morgan fingerprint density at radius 1 is 1.04 bits per heavy atom. The Kier molecular flexibility index (Phi) is 7.82. The van der Waals surface area contributed by atoms with Crippen LogP contribution in [0.4, 0.5) is 0 Å². The van der Waals surface area contributed by atoms with Gasteiger partial charge in [0, 0.05) is 25.2 Å². The number of sulfonamides is 1. The highest BCUT2D eigenvalue weighted by Crippen LogP contribution is 2.11. The predicted octanol–water partition coefficient (Wildman–Crippen LogP) is 2.32. The topological polar surface area (TPSA) is 75.7 Å². The van der Waals surface area contributed by atoms with Gasteiger partial charge < -0.3 is 10.1 Å². The molecule has 0 aliphatic rings. The largest absolute Gasteiger partial charge is 0.497 e. The average molecular weight is 391 g/mol. The number of carbonyl (C=O) groups excluding carboxylic acids is 1. The normalized spacial score (nSPS) is 11.4. The zero-order valence-electron chi connectivity index (χ0n) is 15.7. The van der Waals surface area contributed by atoms with E-state index in [0.717, 1.165) is 12.8 Å². The summed E-state index contributed by atoms with van der Waals surface area (Å²) in [5.74, 6) is 0.434. The summed E-state index contributed by atoms with van der Waals surface area (Å²) in [7, 11) is -1.76. The molecule has 0 aromatic heterocycles. The van der Waals surface area contributed by atoms with Crippen LogP contribution in [0.5, 0.6) is 5.75 Å². The molecule has 6 nitrogen and oxygen atoms in total. The van der Waals surface area contributed by atoms with Crippen LogP contribution in [-0.2, 0) is 16.4 Å². The Hall–Kier alpha value is -2.38. The fourth-order valence-corrected chi connectivity index (χ4v) is 3.57. The molecule has 1 amide bonds. The zero-order chi connectivity index (χ0) is 19.7. The van der Waals surface area contributed by atoms with Crippen LogP contribution in [0.15, 0.2) is 54.6 Å². The van der Waals surface area contributed by atoms with Crippen molar-refractivity contribution in [2.75, 3.05) is 33.0 Å². The summed E-state index contributed by atoms with van der Waals surface area (Å²) in [6.07, 6.45) is 2.73. The van der Waals surface area contributed by atoms with E-state index in [9.17, 15) is 13.2 Å². The Balaban J connectivity index is 1.82. The van der Waals surface area contributed by atoms with Crippen molar-refractivity contribution in [3.05, 3.63) is 65.7 Å². The quantitative estimate of drug-likeness (QED) is 0.676. The van der Waals surface area contributed by atoms with Gasteiger partial charge in [-0.1, -0.05) is 30.3 Å². The van der Waals surface area contributed by atoms with Crippen molar-refractivity contribution >= 4 is 15.9 Å². The maximum Gasteiger partial charge on any atom is 0.251 e. The molecule has 0 fully saturated rings. The fraction of sp³-hybridized carbons (Fsp3) is 0.350. The number of amides is 1. The van der Waals surface area contributed by atoms with E-state index in [1.807, 2.05) is 30.3 Å². The van der Waals surface area contributed by atoms with Gasteiger partial charge in [0.25, 0.3) is 5.91 Å². The third-order valence-corrected chi connectivity index (χ3v) is 5.49. The van der Waals surface area contributed by atoms with Crippen LogP contribution in [-0.4, -0.2) is 51.6 Å². The minimum absolute atomic E-state index is 0.240. The smallest absolute Gasteiger partial charge is 0.251 e. The molecule has 0 atom stereocenters. The van der Waals surface area contributed by atoms with Crippen LogP contribution < -0.4 is 10.1 Å². The molecule has 0 saturated heterocycles. The Labute approximate surface area is 161 Å². The van der Waals surface area contributed by atoms with E-state index in [0.29, 0.717) is 17.9 Å². The van der Waals surface area contributed by atoms with E-state index in [1.165, 1.54) is 16.1 Å². The highest BCUT2D eigenvalue weighted by atomic mass is 32.2. The molecule has 0 heterocycles. The molecule has 0 aliphatic carbocycles. The van der Waals surface area contributed by atoms with Crippen molar-refractivity contribution < 1.29 is 17.9 Å². The monoisotopic (exact) mass is 390 g/mol. The molecule has 27 heavy (non-hydrogen) atoms. The molecule has 146 valence electrons. The van der Waals surface area contributed by atoms with Gasteiger partial charge in [0.2, 0.25) is 10.0 Å². The summed E-state index contributed by atoms with van der Waals surface area (Å²) in [4.78, 5) is 12.2. The van der Waals surface area contributed by atoms with Crippen molar-refractivity contribution in [3.63, 3.8) is 0 Å². The SMILES string of the molecule is COc1ccc(C(=O)NCCN(CCCc2ccccc2)S(C)(=O)=O)cc1. The highest BCUT2D eigenvalue weighted by molar-refractivity contribution is 7.88. The van der Waals surface area contributed by atoms with E-state index < -0.39 is 10.0 Å². The lowest BCUT2D eigenvalue weighted by Crippen LogP contribution is -2.38. The summed E-state index contributed by atoms with van der Waals surface area (Å²) < 4.78 is 30.4. The predicted molar refractivity (Wildman–Crippen MR) is 107 cm³/mol. The van der Waals surface area contributed by atoms with Crippen LogP contribution in [0.2, 0.25) is 0 Å². The molecule has 0 bridgehead atoms. The van der Waals surface area contributed by atoms with Gasteiger partial charge in [-0.05, 0) is 42.7 Å². The number of hydrogen-bond acceptors (Lipinski definition) is 4. The summed E-state index contributed by atoms with van der Waals surface area (Å²) in [6.45, 7) is 0.922. The van der Waals surface area contributed by atoms with Crippen molar-refractivity contribution in [2.24, 2.45) is 0 Å². The maximum atomic E-state index is 12.2. The second-order valence-corrected chi connectivity index (χ2v) is 8.22. The van der Waals surface area contributed by atoms with Gasteiger partial charge in [0.15, 0.2) is 0 Å². The van der Waals surface area contributed by atoms with Crippen molar-refractivity contribution in [1.82, 2.24) is 9.62 Å². The molecule has 0 unspecified atom stereocenters. The van der Waals surface area contributed by atoms with Gasteiger partial charge in [0.05, 0.1) is 13.4 Å². The molecular formula is C20H26N2O4S. The molecule has 0 radical (unpaired) electrons. The number of ether oxygens (including phenoxy) is 1. The lowest BCUT2D eigenvalue weighted by molar-refractivity contribution is 0.0951. The van der Waals surface area contributed by atoms with Crippen LogP contribution >= 0.6 is 0 Å². The Morgan fingerprint density at radius 3 is 2.30 bits per heavy atom. The first-order chi connectivity index (χ1) is 12.9. The molecule has 0 spiro atoms. The summed E-state index contributed by atoms with van der Waals surface area (Å²) in [5.41, 5.74) is 1.68. The number of rotatable bonds is 10. The van der Waals surface area contributed by atoms with E-state index in [-0.39, 0.29) is 19.0 Å². The first-order valence-corrected chi connectivity index (χ1v) is 10.7. The second-order valence-electron chi connectivity index (χ2n) is 6.24. The van der Waals surface area contributed by atoms with Crippen molar-refractivity contribution in [2.45, 2.75) is 12.8 Å². The molecule has 2 aromatic rings. The summed E-state index contributed by atoms with van der Waals surface area (Å²) in [5, 5.41) is 2.76. The Bertz CT molecular complexity index is 821. The molecule has 2 aromatic carbocycles. The lowest BCUT2D eigenvalue weighted by atomic mass is 10.1. The van der Waals surface area contributed by atoms with Gasteiger partial charge in [-0.15, -0.1) is 0 Å². The summed E-state index contributed by atoms with van der Waals surface area (Å²) in [6, 6.07) is 16.7. The first-order valence-electron chi connectivity index (χ1n) is 8.81. The lowest BCUT2D eigenvalue weighted by Gasteiger charge is -2.20. The van der Waals surface area contributed by atoms with E-state index in [2.05, 4.69) is 5.32 Å². The van der Waals surface area contributed by atoms with Crippen LogP contribution in [0.3, 0.4) is 0 Å². The first kappa shape index (κ1) is 20.9. The number of hydrogen-bond donors (Lipinski definition) is 1. The van der Waals surface area contributed by atoms with Crippen molar-refractivity contribution in [3.8, 4) is 5.75 Å². The van der Waals surface area contributed by atoms with Crippen LogP contribution in [0.25, 0.3) is 0 Å². The number of benzene rings is 2. The Morgan fingerprint density at radius 2 is 1.70 bits per heavy atom. The van der Waals surface area contributed by atoms with Crippen LogP contribution in [0, 0.1) is 0 Å². The standard InChI is InChI=1S/C20H26N2O4S/c1-26-19-12-10-18(11-13-19)20(23)21-14-16-22(27(2,24)25)15-6-9-17-7-4-3-5-8-17/h3-5,7-8,10-13H,6,9,14-16H2,1-2H3,(H,21,23). The molecule has 1 N–H and O–H groups in total. The van der Waals surface area contributed by atoms with Gasteiger partial charge >= 0.3 is 0 Å². The highest BCUT2D eigenvalue weighted by Gasteiger charge is 2.16. The molecule has 2 rings (SSSR count). The second kappa shape index (κ2) is 10.1. The number of nitrogens with one attached hydrogen (secondary N) is 1. The molecule has 0 saturated carbocycles. The van der Waals surface area contributed by atoms with Gasteiger partial charge in [0.1, 0.15) is 5.75 Å². The van der Waals surface area contributed by atoms with Crippen molar-refractivity contribution in [1.29, 1.82) is 0 Å². The minimum atomic E-state index is -3.33. The number of methoxy groups -OCH3 is 1.